The topological polar surface area (TPSA) is 98.7 Å². The SMILES string of the molecule is CCC(Nc1nc(N)ncc1I)c1nc2cccc(C)c2c(=O)n1-c1ccccc1. The molecule has 3 N–H and O–H groups in total. The van der Waals surface area contributed by atoms with Gasteiger partial charge in [-0.1, -0.05) is 37.3 Å². The van der Waals surface area contributed by atoms with Gasteiger partial charge in [-0.25, -0.2) is 9.97 Å². The van der Waals surface area contributed by atoms with E-state index in [0.29, 0.717) is 29.0 Å². The Balaban J connectivity index is 1.96. The Kier molecular flexibility index (Phi) is 5.67. The number of nitrogens with one attached hydrogen (secondary N) is 1. The molecular formula is C22H21IN6O. The monoisotopic (exact) mass is 512 g/mol. The van der Waals surface area contributed by atoms with Crippen LogP contribution < -0.4 is 16.6 Å². The van der Waals surface area contributed by atoms with Crippen molar-refractivity contribution in [2.75, 3.05) is 11.1 Å². The van der Waals surface area contributed by atoms with E-state index in [4.69, 9.17) is 10.7 Å². The van der Waals surface area contributed by atoms with Gasteiger partial charge in [0, 0.05) is 6.20 Å². The predicted octanol–water partition coefficient (Wildman–Crippen LogP) is 4.23. The van der Waals surface area contributed by atoms with Crippen LogP contribution in [0.2, 0.25) is 0 Å². The van der Waals surface area contributed by atoms with Gasteiger partial charge in [-0.2, -0.15) is 4.98 Å². The molecule has 0 spiro atoms. The van der Waals surface area contributed by atoms with Gasteiger partial charge in [-0.3, -0.25) is 9.36 Å². The summed E-state index contributed by atoms with van der Waals surface area (Å²) in [5.74, 6) is 1.43. The van der Waals surface area contributed by atoms with Gasteiger partial charge in [-0.15, -0.1) is 0 Å². The molecule has 0 aliphatic heterocycles. The number of halogens is 1. The van der Waals surface area contributed by atoms with E-state index in [9.17, 15) is 4.79 Å². The summed E-state index contributed by atoms with van der Waals surface area (Å²) < 4.78 is 2.53. The summed E-state index contributed by atoms with van der Waals surface area (Å²) >= 11 is 2.16. The van der Waals surface area contributed by atoms with E-state index in [1.165, 1.54) is 0 Å². The molecule has 0 aliphatic carbocycles. The van der Waals surface area contributed by atoms with E-state index < -0.39 is 0 Å². The van der Waals surface area contributed by atoms with Crippen LogP contribution in [0, 0.1) is 10.5 Å². The number of aryl methyl sites for hydroxylation is 1. The Morgan fingerprint density at radius 3 is 2.63 bits per heavy atom. The number of para-hydroxylation sites is 1. The minimum Gasteiger partial charge on any atom is -0.368 e. The van der Waals surface area contributed by atoms with E-state index in [1.54, 1.807) is 10.8 Å². The molecule has 0 aliphatic rings. The van der Waals surface area contributed by atoms with Crippen LogP contribution in [0.4, 0.5) is 11.8 Å². The average Bonchev–Trinajstić information content (AvgIpc) is 2.74. The van der Waals surface area contributed by atoms with Crippen LogP contribution in [0.25, 0.3) is 16.6 Å². The Hall–Kier alpha value is -3.01. The number of hydrogen-bond donors (Lipinski definition) is 2. The van der Waals surface area contributed by atoms with Gasteiger partial charge in [0.05, 0.1) is 26.2 Å². The Labute approximate surface area is 187 Å². The zero-order valence-corrected chi connectivity index (χ0v) is 18.8. The van der Waals surface area contributed by atoms with Crippen molar-refractivity contribution < 1.29 is 0 Å². The molecule has 7 nitrogen and oxygen atoms in total. The molecule has 2 heterocycles. The van der Waals surface area contributed by atoms with Crippen molar-refractivity contribution in [2.45, 2.75) is 26.3 Å². The zero-order chi connectivity index (χ0) is 21.3. The summed E-state index contributed by atoms with van der Waals surface area (Å²) in [6.07, 6.45) is 2.36. The van der Waals surface area contributed by atoms with Crippen molar-refractivity contribution in [2.24, 2.45) is 0 Å². The van der Waals surface area contributed by atoms with Gasteiger partial charge in [0.25, 0.3) is 5.56 Å². The number of anilines is 2. The largest absolute Gasteiger partial charge is 0.368 e. The lowest BCUT2D eigenvalue weighted by molar-refractivity contribution is 0.658. The first kappa shape index (κ1) is 20.3. The second-order valence-corrected chi connectivity index (χ2v) is 8.11. The third kappa shape index (κ3) is 3.74. The highest BCUT2D eigenvalue weighted by molar-refractivity contribution is 14.1. The van der Waals surface area contributed by atoms with E-state index in [0.717, 1.165) is 14.8 Å². The lowest BCUT2D eigenvalue weighted by Gasteiger charge is -2.23. The van der Waals surface area contributed by atoms with Gasteiger partial charge >= 0.3 is 0 Å². The lowest BCUT2D eigenvalue weighted by atomic mass is 10.1. The third-order valence-electron chi connectivity index (χ3n) is 4.94. The highest BCUT2D eigenvalue weighted by Crippen LogP contribution is 2.26. The Morgan fingerprint density at radius 1 is 1.13 bits per heavy atom. The molecule has 1 atom stereocenters. The second-order valence-electron chi connectivity index (χ2n) is 6.95. The van der Waals surface area contributed by atoms with Crippen molar-refractivity contribution in [3.63, 3.8) is 0 Å². The smallest absolute Gasteiger partial charge is 0.266 e. The second kappa shape index (κ2) is 8.39. The van der Waals surface area contributed by atoms with Gasteiger partial charge in [0.15, 0.2) is 0 Å². The summed E-state index contributed by atoms with van der Waals surface area (Å²) in [4.78, 5) is 26.9. The van der Waals surface area contributed by atoms with Crippen molar-refractivity contribution in [1.29, 1.82) is 0 Å². The molecule has 0 amide bonds. The molecule has 4 rings (SSSR count). The van der Waals surface area contributed by atoms with E-state index in [2.05, 4.69) is 37.9 Å². The maximum absolute atomic E-state index is 13.6. The molecule has 0 radical (unpaired) electrons. The number of nitrogen functional groups attached to an aromatic ring is 1. The van der Waals surface area contributed by atoms with Crippen molar-refractivity contribution in [3.8, 4) is 5.69 Å². The van der Waals surface area contributed by atoms with Crippen LogP contribution >= 0.6 is 22.6 Å². The molecule has 2 aromatic carbocycles. The van der Waals surface area contributed by atoms with Gasteiger partial charge in [0.1, 0.15) is 11.6 Å². The quantitative estimate of drug-likeness (QED) is 0.389. The average molecular weight is 512 g/mol. The first-order chi connectivity index (χ1) is 14.5. The van der Waals surface area contributed by atoms with Crippen molar-refractivity contribution in [1.82, 2.24) is 19.5 Å². The highest BCUT2D eigenvalue weighted by atomic mass is 127. The number of aromatic nitrogens is 4. The van der Waals surface area contributed by atoms with Crippen LogP contribution in [0.15, 0.2) is 59.5 Å². The fourth-order valence-electron chi connectivity index (χ4n) is 3.47. The number of benzene rings is 2. The van der Waals surface area contributed by atoms with Crippen LogP contribution in [0.3, 0.4) is 0 Å². The molecular weight excluding hydrogens is 491 g/mol. The van der Waals surface area contributed by atoms with E-state index >= 15 is 0 Å². The van der Waals surface area contributed by atoms with Crippen molar-refractivity contribution >= 4 is 45.3 Å². The molecule has 0 saturated carbocycles. The molecule has 30 heavy (non-hydrogen) atoms. The number of nitrogens with two attached hydrogens (primary N) is 1. The molecule has 0 bridgehead atoms. The molecule has 152 valence electrons. The van der Waals surface area contributed by atoms with Crippen LogP contribution in [0.5, 0.6) is 0 Å². The lowest BCUT2D eigenvalue weighted by Crippen LogP contribution is -2.28. The highest BCUT2D eigenvalue weighted by Gasteiger charge is 2.22. The molecule has 4 aromatic rings. The third-order valence-corrected chi connectivity index (χ3v) is 5.73. The Morgan fingerprint density at radius 2 is 1.90 bits per heavy atom. The number of nitrogens with zero attached hydrogens (tertiary/aromatic N) is 4. The molecule has 0 saturated heterocycles. The molecule has 8 heteroatoms. The fourth-order valence-corrected chi connectivity index (χ4v) is 3.89. The number of fused-ring (bicyclic) bond motifs is 1. The predicted molar refractivity (Wildman–Crippen MR) is 128 cm³/mol. The maximum Gasteiger partial charge on any atom is 0.266 e. The molecule has 1 unspecified atom stereocenters. The summed E-state index contributed by atoms with van der Waals surface area (Å²) in [6, 6.07) is 15.0. The number of rotatable bonds is 5. The normalized spacial score (nSPS) is 12.1. The summed E-state index contributed by atoms with van der Waals surface area (Å²) in [5.41, 5.74) is 8.05. The first-order valence-electron chi connectivity index (χ1n) is 9.61. The molecule has 0 fully saturated rings. The fraction of sp³-hybridized carbons (Fsp3) is 0.182. The standard InChI is InChI=1S/C22H21IN6O/c1-3-16(26-19-15(23)12-25-22(24)28-19)20-27-17-11-7-8-13(2)18(17)21(30)29(20)14-9-5-4-6-10-14/h4-12,16H,3H2,1-2H3,(H3,24,25,26,28). The van der Waals surface area contributed by atoms with E-state index in [-0.39, 0.29) is 17.5 Å². The Bertz CT molecular complexity index is 1270. The van der Waals surface area contributed by atoms with Crippen molar-refractivity contribution in [3.05, 3.63) is 80.0 Å². The summed E-state index contributed by atoms with van der Waals surface area (Å²) in [7, 11) is 0. The van der Waals surface area contributed by atoms with Gasteiger partial charge < -0.3 is 11.1 Å². The van der Waals surface area contributed by atoms with Gasteiger partial charge in [0.2, 0.25) is 5.95 Å². The molecule has 2 aromatic heterocycles. The van der Waals surface area contributed by atoms with Crippen LogP contribution in [-0.4, -0.2) is 19.5 Å². The van der Waals surface area contributed by atoms with Gasteiger partial charge in [-0.05, 0) is 59.7 Å². The summed E-state index contributed by atoms with van der Waals surface area (Å²) in [5, 5.41) is 4.04. The minimum absolute atomic E-state index is 0.0866. The minimum atomic E-state index is -0.259. The summed E-state index contributed by atoms with van der Waals surface area (Å²) in [6.45, 7) is 3.97. The number of hydrogen-bond acceptors (Lipinski definition) is 6. The van der Waals surface area contributed by atoms with Crippen LogP contribution in [0.1, 0.15) is 30.8 Å². The van der Waals surface area contributed by atoms with Crippen LogP contribution in [-0.2, 0) is 0 Å². The van der Waals surface area contributed by atoms with E-state index in [1.807, 2.05) is 62.4 Å². The first-order valence-corrected chi connectivity index (χ1v) is 10.7. The maximum atomic E-state index is 13.6. The zero-order valence-electron chi connectivity index (χ0n) is 16.6.